The number of hydrogen-bond donors (Lipinski definition) is 0. The summed E-state index contributed by atoms with van der Waals surface area (Å²) in [5.74, 6) is -1.04. The summed E-state index contributed by atoms with van der Waals surface area (Å²) in [6.45, 7) is 1.71. The monoisotopic (exact) mass is 396 g/mol. The molecule has 0 saturated carbocycles. The Morgan fingerprint density at radius 3 is 2.52 bits per heavy atom. The highest BCUT2D eigenvalue weighted by Crippen LogP contribution is 2.22. The Hall–Kier alpha value is -3.88. The number of amides is 1. The van der Waals surface area contributed by atoms with Gasteiger partial charge >= 0.3 is 0 Å². The molecule has 0 aliphatic carbocycles. The molecule has 0 fully saturated rings. The van der Waals surface area contributed by atoms with E-state index < -0.39 is 22.1 Å². The summed E-state index contributed by atoms with van der Waals surface area (Å²) in [5, 5.41) is 15.4. The second-order valence-corrected chi connectivity index (χ2v) is 6.44. The molecule has 0 unspecified atom stereocenters. The van der Waals surface area contributed by atoms with Crippen LogP contribution in [0.3, 0.4) is 0 Å². The molecule has 29 heavy (non-hydrogen) atoms. The summed E-state index contributed by atoms with van der Waals surface area (Å²) in [6, 6.07) is 12.8. The average Bonchev–Trinajstić information content (AvgIpc) is 2.69. The molecule has 0 aliphatic heterocycles. The van der Waals surface area contributed by atoms with Crippen molar-refractivity contribution in [2.24, 2.45) is 0 Å². The lowest BCUT2D eigenvalue weighted by Crippen LogP contribution is -2.33. The van der Waals surface area contributed by atoms with Crippen LogP contribution >= 0.6 is 0 Å². The Kier molecular flexibility index (Phi) is 5.49. The van der Waals surface area contributed by atoms with E-state index in [4.69, 9.17) is 0 Å². The second-order valence-electron chi connectivity index (χ2n) is 6.44. The van der Waals surface area contributed by atoms with Gasteiger partial charge in [0, 0.05) is 31.4 Å². The first-order chi connectivity index (χ1) is 13.8. The van der Waals surface area contributed by atoms with Gasteiger partial charge in [0.2, 0.25) is 5.43 Å². The van der Waals surface area contributed by atoms with Crippen molar-refractivity contribution < 1.29 is 14.1 Å². The van der Waals surface area contributed by atoms with Crippen LogP contribution in [0.25, 0.3) is 5.69 Å². The van der Waals surface area contributed by atoms with E-state index in [1.165, 1.54) is 65.2 Å². The molecule has 0 radical (unpaired) electrons. The Labute approximate surface area is 165 Å². The number of hydrogen-bond acceptors (Lipinski definition) is 5. The van der Waals surface area contributed by atoms with Crippen molar-refractivity contribution >= 4 is 11.6 Å². The third-order valence-corrected chi connectivity index (χ3v) is 4.30. The maximum atomic E-state index is 13.1. The van der Waals surface area contributed by atoms with E-state index in [1.54, 1.807) is 13.0 Å². The number of carbonyl (C=O) groups is 1. The maximum absolute atomic E-state index is 13.1. The molecular weight excluding hydrogens is 379 g/mol. The molecule has 0 atom stereocenters. The molecule has 2 aromatic carbocycles. The lowest BCUT2D eigenvalue weighted by Gasteiger charge is -2.18. The SMILES string of the molecule is Cc1cc(=O)c(C(=O)N(C)Cc2ccc(F)cc2)nn1-c1ccccc1[N+](=O)[O-]. The minimum atomic E-state index is -0.647. The Bertz CT molecular complexity index is 1140. The number of nitro benzene ring substituents is 1. The molecule has 9 heteroatoms. The van der Waals surface area contributed by atoms with E-state index in [2.05, 4.69) is 5.10 Å². The van der Waals surface area contributed by atoms with Crippen LogP contribution in [0.15, 0.2) is 59.4 Å². The quantitative estimate of drug-likeness (QED) is 0.488. The van der Waals surface area contributed by atoms with Crippen LogP contribution in [0, 0.1) is 22.9 Å². The van der Waals surface area contributed by atoms with Gasteiger partial charge in [-0.25, -0.2) is 9.07 Å². The van der Waals surface area contributed by atoms with Crippen LogP contribution in [0.2, 0.25) is 0 Å². The zero-order valence-corrected chi connectivity index (χ0v) is 15.7. The average molecular weight is 396 g/mol. The molecule has 0 bridgehead atoms. The highest BCUT2D eigenvalue weighted by Gasteiger charge is 2.22. The number of nitrogens with zero attached hydrogens (tertiary/aromatic N) is 4. The van der Waals surface area contributed by atoms with Gasteiger partial charge in [0.15, 0.2) is 5.69 Å². The first-order valence-electron chi connectivity index (χ1n) is 8.62. The van der Waals surface area contributed by atoms with Gasteiger partial charge in [0.1, 0.15) is 11.5 Å². The van der Waals surface area contributed by atoms with Crippen molar-refractivity contribution in [1.29, 1.82) is 0 Å². The summed E-state index contributed by atoms with van der Waals surface area (Å²) < 4.78 is 14.3. The minimum absolute atomic E-state index is 0.138. The highest BCUT2D eigenvalue weighted by molar-refractivity contribution is 5.91. The van der Waals surface area contributed by atoms with Gasteiger partial charge in [-0.1, -0.05) is 24.3 Å². The summed E-state index contributed by atoms with van der Waals surface area (Å²) in [4.78, 5) is 37.2. The molecular formula is C20H17FN4O4. The van der Waals surface area contributed by atoms with E-state index in [0.29, 0.717) is 11.3 Å². The minimum Gasteiger partial charge on any atom is -0.336 e. The van der Waals surface area contributed by atoms with Gasteiger partial charge in [-0.3, -0.25) is 19.7 Å². The lowest BCUT2D eigenvalue weighted by atomic mass is 10.2. The largest absolute Gasteiger partial charge is 0.336 e. The van der Waals surface area contributed by atoms with Crippen LogP contribution in [0.1, 0.15) is 21.7 Å². The predicted molar refractivity (Wildman–Crippen MR) is 103 cm³/mol. The maximum Gasteiger partial charge on any atom is 0.294 e. The van der Waals surface area contributed by atoms with Crippen molar-refractivity contribution in [3.63, 3.8) is 0 Å². The molecule has 0 aliphatic rings. The zero-order chi connectivity index (χ0) is 21.1. The third-order valence-electron chi connectivity index (χ3n) is 4.30. The van der Waals surface area contributed by atoms with Crippen molar-refractivity contribution in [2.45, 2.75) is 13.5 Å². The Balaban J connectivity index is 1.99. The van der Waals surface area contributed by atoms with E-state index in [-0.39, 0.29) is 23.6 Å². The number of carbonyl (C=O) groups excluding carboxylic acids is 1. The molecule has 1 aromatic heterocycles. The smallest absolute Gasteiger partial charge is 0.294 e. The molecule has 3 rings (SSSR count). The fourth-order valence-electron chi connectivity index (χ4n) is 2.85. The van der Waals surface area contributed by atoms with E-state index in [0.717, 1.165) is 0 Å². The van der Waals surface area contributed by atoms with E-state index >= 15 is 0 Å². The molecule has 1 amide bonds. The fourth-order valence-corrected chi connectivity index (χ4v) is 2.85. The molecule has 0 N–H and O–H groups in total. The molecule has 1 heterocycles. The molecule has 8 nitrogen and oxygen atoms in total. The van der Waals surface area contributed by atoms with Gasteiger partial charge in [-0.15, -0.1) is 0 Å². The van der Waals surface area contributed by atoms with Gasteiger partial charge < -0.3 is 4.90 Å². The summed E-state index contributed by atoms with van der Waals surface area (Å²) in [7, 11) is 1.49. The Morgan fingerprint density at radius 2 is 1.86 bits per heavy atom. The predicted octanol–water partition coefficient (Wildman–Crippen LogP) is 2.86. The summed E-state index contributed by atoms with van der Waals surface area (Å²) >= 11 is 0. The molecule has 3 aromatic rings. The highest BCUT2D eigenvalue weighted by atomic mass is 19.1. The number of aromatic nitrogens is 2. The molecule has 0 saturated heterocycles. The number of halogens is 1. The fraction of sp³-hybridized carbons (Fsp3) is 0.150. The van der Waals surface area contributed by atoms with Crippen LogP contribution in [-0.4, -0.2) is 32.6 Å². The molecule has 0 spiro atoms. The third kappa shape index (κ3) is 4.18. The van der Waals surface area contributed by atoms with Crippen LogP contribution < -0.4 is 5.43 Å². The van der Waals surface area contributed by atoms with Crippen LogP contribution in [0.4, 0.5) is 10.1 Å². The standard InChI is InChI=1S/C20H17FN4O4/c1-13-11-18(26)19(20(27)23(2)12-14-7-9-15(21)10-8-14)22-24(13)16-5-3-4-6-17(16)25(28)29/h3-11H,12H2,1-2H3. The Morgan fingerprint density at radius 1 is 1.21 bits per heavy atom. The van der Waals surface area contributed by atoms with Crippen LogP contribution in [0.5, 0.6) is 0 Å². The van der Waals surface area contributed by atoms with Crippen molar-refractivity contribution in [2.75, 3.05) is 7.05 Å². The number of aryl methyl sites for hydroxylation is 1. The van der Waals surface area contributed by atoms with Gasteiger partial charge in [-0.2, -0.15) is 5.10 Å². The topological polar surface area (TPSA) is 98.3 Å². The number of benzene rings is 2. The van der Waals surface area contributed by atoms with E-state index in [9.17, 15) is 24.1 Å². The van der Waals surface area contributed by atoms with Crippen molar-refractivity contribution in [3.8, 4) is 5.69 Å². The lowest BCUT2D eigenvalue weighted by molar-refractivity contribution is -0.384. The van der Waals surface area contributed by atoms with Gasteiger partial charge in [0.25, 0.3) is 11.6 Å². The number of nitro groups is 1. The van der Waals surface area contributed by atoms with Crippen LogP contribution in [-0.2, 0) is 6.54 Å². The van der Waals surface area contributed by atoms with Crippen molar-refractivity contribution in [3.05, 3.63) is 97.7 Å². The number of para-hydroxylation sites is 2. The van der Waals surface area contributed by atoms with Crippen molar-refractivity contribution in [1.82, 2.24) is 14.7 Å². The second kappa shape index (κ2) is 8.01. The van der Waals surface area contributed by atoms with Gasteiger partial charge in [0.05, 0.1) is 4.92 Å². The summed E-state index contributed by atoms with van der Waals surface area (Å²) in [6.07, 6.45) is 0. The van der Waals surface area contributed by atoms with E-state index in [1.807, 2.05) is 0 Å². The summed E-state index contributed by atoms with van der Waals surface area (Å²) in [5.41, 5.74) is 0.0112. The normalized spacial score (nSPS) is 10.6. The first-order valence-corrected chi connectivity index (χ1v) is 8.62. The zero-order valence-electron chi connectivity index (χ0n) is 15.7. The number of rotatable bonds is 5. The first kappa shape index (κ1) is 19.9. The van der Waals surface area contributed by atoms with Gasteiger partial charge in [-0.05, 0) is 30.7 Å². The molecule has 148 valence electrons.